The van der Waals surface area contributed by atoms with E-state index in [1.54, 1.807) is 24.3 Å². The van der Waals surface area contributed by atoms with E-state index in [0.29, 0.717) is 27.5 Å². The molecule has 22 heavy (non-hydrogen) atoms. The number of esters is 1. The lowest BCUT2D eigenvalue weighted by Crippen LogP contribution is -2.06. The van der Waals surface area contributed by atoms with E-state index >= 15 is 0 Å². The van der Waals surface area contributed by atoms with Gasteiger partial charge in [0.15, 0.2) is 5.78 Å². The number of fused-ring (bicyclic) bond motifs is 2. The molecule has 5 heteroatoms. The molecule has 0 saturated heterocycles. The van der Waals surface area contributed by atoms with Crippen molar-refractivity contribution in [2.45, 2.75) is 6.92 Å². The van der Waals surface area contributed by atoms with Crippen LogP contribution in [-0.2, 0) is 4.74 Å². The number of methoxy groups -OCH3 is 1. The molecule has 2 aromatic carbocycles. The molecule has 0 atom stereocenters. The number of hydrogen-bond acceptors (Lipinski definition) is 5. The van der Waals surface area contributed by atoms with Gasteiger partial charge in [0.25, 0.3) is 0 Å². The van der Waals surface area contributed by atoms with Crippen LogP contribution in [0.5, 0.6) is 0 Å². The van der Waals surface area contributed by atoms with E-state index in [0.717, 1.165) is 0 Å². The average Bonchev–Trinajstić information content (AvgIpc) is 2.53. The number of Topliss-reactive ketones (excluding diaryl/α,β-unsaturated/α-hetero) is 1. The molecule has 0 saturated carbocycles. The molecule has 1 aromatic heterocycles. The van der Waals surface area contributed by atoms with Crippen LogP contribution in [-0.4, -0.2) is 18.9 Å². The van der Waals surface area contributed by atoms with E-state index in [1.165, 1.54) is 26.2 Å². The standard InChI is InChI=1S/C17H12O5/c1-9(18)10-3-5-12-15(8-10)22-14-6-4-11(17(20)21-2)7-13(14)16(12)19/h3-8H,1-2H3. The van der Waals surface area contributed by atoms with Crippen LogP contribution in [0.25, 0.3) is 21.9 Å². The van der Waals surface area contributed by atoms with Crippen LogP contribution in [0.3, 0.4) is 0 Å². The van der Waals surface area contributed by atoms with Crippen molar-refractivity contribution in [2.75, 3.05) is 7.11 Å². The second kappa shape index (κ2) is 5.11. The highest BCUT2D eigenvalue weighted by molar-refractivity contribution is 6.00. The smallest absolute Gasteiger partial charge is 0.337 e. The second-order valence-electron chi connectivity index (χ2n) is 4.90. The summed E-state index contributed by atoms with van der Waals surface area (Å²) in [6.07, 6.45) is 0. The van der Waals surface area contributed by atoms with E-state index in [2.05, 4.69) is 4.74 Å². The second-order valence-corrected chi connectivity index (χ2v) is 4.90. The van der Waals surface area contributed by atoms with Crippen LogP contribution < -0.4 is 5.43 Å². The third-order valence-corrected chi connectivity index (χ3v) is 3.50. The lowest BCUT2D eigenvalue weighted by atomic mass is 10.1. The predicted octanol–water partition coefficient (Wildman–Crippen LogP) is 2.94. The Hall–Kier alpha value is -2.95. The predicted molar refractivity (Wildman–Crippen MR) is 81.3 cm³/mol. The molecule has 0 spiro atoms. The van der Waals surface area contributed by atoms with Gasteiger partial charge in [0.1, 0.15) is 11.2 Å². The third-order valence-electron chi connectivity index (χ3n) is 3.50. The molecule has 5 nitrogen and oxygen atoms in total. The van der Waals surface area contributed by atoms with Gasteiger partial charge in [0, 0.05) is 5.56 Å². The molecular formula is C17H12O5. The van der Waals surface area contributed by atoms with Gasteiger partial charge in [-0.2, -0.15) is 0 Å². The fourth-order valence-corrected chi connectivity index (χ4v) is 2.32. The maximum absolute atomic E-state index is 12.5. The maximum atomic E-state index is 12.5. The number of carbonyl (C=O) groups is 2. The highest BCUT2D eigenvalue weighted by atomic mass is 16.5. The number of carbonyl (C=O) groups excluding carboxylic acids is 2. The molecule has 0 aliphatic heterocycles. The molecule has 3 rings (SSSR count). The van der Waals surface area contributed by atoms with E-state index in [1.807, 2.05) is 0 Å². The largest absolute Gasteiger partial charge is 0.465 e. The van der Waals surface area contributed by atoms with Crippen LogP contribution in [0, 0.1) is 0 Å². The SMILES string of the molecule is COC(=O)c1ccc2oc3cc(C(C)=O)ccc3c(=O)c2c1. The van der Waals surface area contributed by atoms with Gasteiger partial charge in [-0.05, 0) is 37.3 Å². The van der Waals surface area contributed by atoms with Gasteiger partial charge in [-0.25, -0.2) is 4.79 Å². The van der Waals surface area contributed by atoms with Gasteiger partial charge in [-0.1, -0.05) is 6.07 Å². The molecule has 0 fully saturated rings. The summed E-state index contributed by atoms with van der Waals surface area (Å²) in [6, 6.07) is 9.21. The van der Waals surface area contributed by atoms with E-state index in [-0.39, 0.29) is 16.8 Å². The minimum Gasteiger partial charge on any atom is -0.465 e. The van der Waals surface area contributed by atoms with Gasteiger partial charge >= 0.3 is 5.97 Å². The molecule has 0 amide bonds. The first-order valence-corrected chi connectivity index (χ1v) is 6.61. The fourth-order valence-electron chi connectivity index (χ4n) is 2.32. The van der Waals surface area contributed by atoms with Crippen LogP contribution in [0.15, 0.2) is 45.6 Å². The average molecular weight is 296 g/mol. The highest BCUT2D eigenvalue weighted by Gasteiger charge is 2.13. The lowest BCUT2D eigenvalue weighted by Gasteiger charge is -2.04. The third kappa shape index (κ3) is 2.16. The normalized spacial score (nSPS) is 10.8. The van der Waals surface area contributed by atoms with Crippen LogP contribution in [0.1, 0.15) is 27.6 Å². The minimum atomic E-state index is -0.520. The number of ketones is 1. The van der Waals surface area contributed by atoms with E-state index in [4.69, 9.17) is 4.42 Å². The summed E-state index contributed by atoms with van der Waals surface area (Å²) in [7, 11) is 1.28. The Morgan fingerprint density at radius 1 is 0.955 bits per heavy atom. The van der Waals surface area contributed by atoms with Crippen molar-refractivity contribution in [1.82, 2.24) is 0 Å². The Kier molecular flexibility index (Phi) is 3.25. The van der Waals surface area contributed by atoms with Crippen molar-refractivity contribution in [3.8, 4) is 0 Å². The van der Waals surface area contributed by atoms with Crippen molar-refractivity contribution >= 4 is 33.7 Å². The van der Waals surface area contributed by atoms with Crippen molar-refractivity contribution in [1.29, 1.82) is 0 Å². The summed E-state index contributed by atoms with van der Waals surface area (Å²) in [5.41, 5.74) is 1.20. The van der Waals surface area contributed by atoms with Crippen molar-refractivity contribution in [2.24, 2.45) is 0 Å². The molecule has 3 aromatic rings. The Labute approximate surface area is 125 Å². The van der Waals surface area contributed by atoms with Gasteiger partial charge in [0.05, 0.1) is 23.4 Å². The van der Waals surface area contributed by atoms with Crippen molar-refractivity contribution in [3.05, 3.63) is 57.7 Å². The molecule has 0 bridgehead atoms. The Balaban J connectivity index is 2.33. The molecule has 0 N–H and O–H groups in total. The van der Waals surface area contributed by atoms with Gasteiger partial charge in [-0.15, -0.1) is 0 Å². The van der Waals surface area contributed by atoms with Gasteiger partial charge < -0.3 is 9.15 Å². The number of rotatable bonds is 2. The molecule has 0 unspecified atom stereocenters. The Morgan fingerprint density at radius 2 is 1.68 bits per heavy atom. The van der Waals surface area contributed by atoms with Crippen LogP contribution in [0.4, 0.5) is 0 Å². The van der Waals surface area contributed by atoms with Crippen molar-refractivity contribution in [3.63, 3.8) is 0 Å². The molecule has 0 aliphatic carbocycles. The number of ether oxygens (including phenoxy) is 1. The molecule has 0 aliphatic rings. The lowest BCUT2D eigenvalue weighted by molar-refractivity contribution is 0.0600. The van der Waals surface area contributed by atoms with Crippen molar-refractivity contribution < 1.29 is 18.7 Å². The van der Waals surface area contributed by atoms with Gasteiger partial charge in [-0.3, -0.25) is 9.59 Å². The van der Waals surface area contributed by atoms with E-state index < -0.39 is 5.97 Å². The first-order chi connectivity index (χ1) is 10.5. The maximum Gasteiger partial charge on any atom is 0.337 e. The highest BCUT2D eigenvalue weighted by Crippen LogP contribution is 2.21. The molecular weight excluding hydrogens is 284 g/mol. The summed E-state index contributed by atoms with van der Waals surface area (Å²) in [6.45, 7) is 1.45. The van der Waals surface area contributed by atoms with Gasteiger partial charge in [0.2, 0.25) is 5.43 Å². The number of benzene rings is 2. The Morgan fingerprint density at radius 3 is 2.36 bits per heavy atom. The van der Waals surface area contributed by atoms with Crippen LogP contribution >= 0.6 is 0 Å². The molecule has 110 valence electrons. The number of hydrogen-bond donors (Lipinski definition) is 0. The fraction of sp³-hybridized carbons (Fsp3) is 0.118. The van der Waals surface area contributed by atoms with Crippen LogP contribution in [0.2, 0.25) is 0 Å². The molecule has 0 radical (unpaired) electrons. The summed E-state index contributed by atoms with van der Waals surface area (Å²) in [5, 5.41) is 0.658. The zero-order chi connectivity index (χ0) is 15.9. The first kappa shape index (κ1) is 14.0. The topological polar surface area (TPSA) is 73.6 Å². The monoisotopic (exact) mass is 296 g/mol. The summed E-state index contributed by atoms with van der Waals surface area (Å²) >= 11 is 0. The van der Waals surface area contributed by atoms with E-state index in [9.17, 15) is 14.4 Å². The zero-order valence-electron chi connectivity index (χ0n) is 12.0. The summed E-state index contributed by atoms with van der Waals surface area (Å²) < 4.78 is 10.3. The zero-order valence-corrected chi connectivity index (χ0v) is 12.0. The Bertz CT molecular complexity index is 981. The summed E-state index contributed by atoms with van der Waals surface area (Å²) in [4.78, 5) is 35.5. The summed E-state index contributed by atoms with van der Waals surface area (Å²) in [5.74, 6) is -0.626. The molecule has 1 heterocycles. The first-order valence-electron chi connectivity index (χ1n) is 6.61. The minimum absolute atomic E-state index is 0.106. The quantitative estimate of drug-likeness (QED) is 0.413.